The van der Waals surface area contributed by atoms with Gasteiger partial charge in [-0.2, -0.15) is 0 Å². The Hall–Kier alpha value is -2.04. The van der Waals surface area contributed by atoms with Gasteiger partial charge in [-0.05, 0) is 38.0 Å². The van der Waals surface area contributed by atoms with Crippen molar-refractivity contribution in [3.8, 4) is 5.75 Å². The van der Waals surface area contributed by atoms with Gasteiger partial charge in [-0.3, -0.25) is 0 Å². The second kappa shape index (κ2) is 8.88. The first-order valence-corrected chi connectivity index (χ1v) is 9.07. The summed E-state index contributed by atoms with van der Waals surface area (Å²) < 4.78 is 17.6. The summed E-state index contributed by atoms with van der Waals surface area (Å²) in [4.78, 5) is 2.38. The minimum Gasteiger partial charge on any atom is -0.489 e. The van der Waals surface area contributed by atoms with Crippen molar-refractivity contribution < 1.29 is 14.2 Å². The Kier molecular flexibility index (Phi) is 6.31. The molecule has 0 saturated heterocycles. The molecule has 0 amide bonds. The van der Waals surface area contributed by atoms with Gasteiger partial charge in [0.05, 0.1) is 18.3 Å². The minimum absolute atomic E-state index is 0.237. The highest BCUT2D eigenvalue weighted by atomic mass is 16.7. The number of nitrogens with zero attached hydrogens (tertiary/aromatic N) is 1. The molecule has 4 heteroatoms. The van der Waals surface area contributed by atoms with E-state index in [1.807, 2.05) is 32.0 Å². The summed E-state index contributed by atoms with van der Waals surface area (Å²) in [6.45, 7) is 6.64. The molecule has 1 aliphatic heterocycles. The second-order valence-corrected chi connectivity index (χ2v) is 6.11. The van der Waals surface area contributed by atoms with E-state index in [0.717, 1.165) is 17.9 Å². The molecule has 2 aromatic carbocycles. The molecule has 0 bridgehead atoms. The van der Waals surface area contributed by atoms with Crippen LogP contribution in [0.1, 0.15) is 19.4 Å². The van der Waals surface area contributed by atoms with Crippen molar-refractivity contribution in [1.29, 1.82) is 0 Å². The molecule has 0 aliphatic carbocycles. The van der Waals surface area contributed by atoms with Crippen LogP contribution in [0.3, 0.4) is 0 Å². The predicted molar refractivity (Wildman–Crippen MR) is 100 cm³/mol. The van der Waals surface area contributed by atoms with Gasteiger partial charge in [0, 0.05) is 13.2 Å². The Bertz CT molecular complexity index is 641. The van der Waals surface area contributed by atoms with Crippen molar-refractivity contribution in [2.75, 3.05) is 31.3 Å². The molecule has 134 valence electrons. The zero-order valence-corrected chi connectivity index (χ0v) is 15.1. The van der Waals surface area contributed by atoms with Gasteiger partial charge >= 0.3 is 0 Å². The van der Waals surface area contributed by atoms with Crippen LogP contribution >= 0.6 is 0 Å². The minimum atomic E-state index is -0.237. The van der Waals surface area contributed by atoms with Gasteiger partial charge in [-0.1, -0.05) is 42.5 Å². The van der Waals surface area contributed by atoms with Crippen molar-refractivity contribution in [3.63, 3.8) is 0 Å². The van der Waals surface area contributed by atoms with E-state index in [1.165, 1.54) is 5.56 Å². The maximum Gasteiger partial charge on any atom is 0.174 e. The van der Waals surface area contributed by atoms with Crippen LogP contribution in [0.25, 0.3) is 0 Å². The Morgan fingerprint density at radius 1 is 1.00 bits per heavy atom. The number of hydrogen-bond acceptors (Lipinski definition) is 4. The summed E-state index contributed by atoms with van der Waals surface area (Å²) in [5.41, 5.74) is 2.42. The standard InChI is InChI=1S/C21H27NO3/c1-3-23-21(24-4-2)15-22-18(14-17-10-6-5-7-11-17)16-25-20-13-9-8-12-19(20)22/h5-13,18,21H,3-4,14-16H2,1-2H3. The highest BCUT2D eigenvalue weighted by molar-refractivity contribution is 5.61. The van der Waals surface area contributed by atoms with E-state index < -0.39 is 0 Å². The van der Waals surface area contributed by atoms with E-state index in [2.05, 4.69) is 41.3 Å². The lowest BCUT2D eigenvalue weighted by Gasteiger charge is -2.40. The number of fused-ring (bicyclic) bond motifs is 1. The summed E-state index contributed by atoms with van der Waals surface area (Å²) in [5, 5.41) is 0. The lowest BCUT2D eigenvalue weighted by atomic mass is 10.0. The fraction of sp³-hybridized carbons (Fsp3) is 0.429. The van der Waals surface area contributed by atoms with Gasteiger partial charge < -0.3 is 19.1 Å². The predicted octanol–water partition coefficient (Wildman–Crippen LogP) is 3.90. The largest absolute Gasteiger partial charge is 0.489 e. The Morgan fingerprint density at radius 3 is 2.40 bits per heavy atom. The van der Waals surface area contributed by atoms with Gasteiger partial charge in [0.25, 0.3) is 0 Å². The molecule has 4 nitrogen and oxygen atoms in total. The van der Waals surface area contributed by atoms with Crippen LogP contribution < -0.4 is 9.64 Å². The summed E-state index contributed by atoms with van der Waals surface area (Å²) in [5.74, 6) is 0.929. The molecule has 25 heavy (non-hydrogen) atoms. The van der Waals surface area contributed by atoms with E-state index in [9.17, 15) is 0 Å². The van der Waals surface area contributed by atoms with Crippen LogP contribution in [-0.4, -0.2) is 38.7 Å². The Labute approximate surface area is 150 Å². The third kappa shape index (κ3) is 4.53. The normalized spacial score (nSPS) is 16.6. The van der Waals surface area contributed by atoms with E-state index in [1.54, 1.807) is 0 Å². The Balaban J connectivity index is 1.83. The molecule has 0 spiro atoms. The SMILES string of the molecule is CCOC(CN1c2ccccc2OCC1Cc1ccccc1)OCC. The molecule has 1 atom stereocenters. The first-order chi connectivity index (χ1) is 12.3. The van der Waals surface area contributed by atoms with Crippen molar-refractivity contribution in [1.82, 2.24) is 0 Å². The zero-order valence-electron chi connectivity index (χ0n) is 15.1. The van der Waals surface area contributed by atoms with Crippen molar-refractivity contribution in [2.45, 2.75) is 32.6 Å². The summed E-state index contributed by atoms with van der Waals surface area (Å²) >= 11 is 0. The highest BCUT2D eigenvalue weighted by Crippen LogP contribution is 2.34. The lowest BCUT2D eigenvalue weighted by Crippen LogP contribution is -2.48. The third-order valence-corrected chi connectivity index (χ3v) is 4.41. The molecular weight excluding hydrogens is 314 g/mol. The molecule has 1 heterocycles. The van der Waals surface area contributed by atoms with Gasteiger partial charge in [0.2, 0.25) is 0 Å². The van der Waals surface area contributed by atoms with Crippen molar-refractivity contribution >= 4 is 5.69 Å². The van der Waals surface area contributed by atoms with Gasteiger partial charge in [-0.25, -0.2) is 0 Å². The van der Waals surface area contributed by atoms with Gasteiger partial charge in [0.15, 0.2) is 6.29 Å². The Morgan fingerprint density at radius 2 is 1.68 bits per heavy atom. The van der Waals surface area contributed by atoms with E-state index in [0.29, 0.717) is 26.4 Å². The second-order valence-electron chi connectivity index (χ2n) is 6.11. The van der Waals surface area contributed by atoms with Crippen LogP contribution in [0.15, 0.2) is 54.6 Å². The highest BCUT2D eigenvalue weighted by Gasteiger charge is 2.29. The van der Waals surface area contributed by atoms with Crippen LogP contribution in [0, 0.1) is 0 Å². The zero-order chi connectivity index (χ0) is 17.5. The monoisotopic (exact) mass is 341 g/mol. The summed E-state index contributed by atoms with van der Waals surface area (Å²) in [6, 6.07) is 19.0. The quantitative estimate of drug-likeness (QED) is 0.682. The molecule has 2 aromatic rings. The fourth-order valence-corrected chi connectivity index (χ4v) is 3.28. The van der Waals surface area contributed by atoms with E-state index >= 15 is 0 Å². The van der Waals surface area contributed by atoms with E-state index in [-0.39, 0.29) is 12.3 Å². The number of rotatable bonds is 8. The van der Waals surface area contributed by atoms with Crippen LogP contribution in [0.4, 0.5) is 5.69 Å². The first-order valence-electron chi connectivity index (χ1n) is 9.07. The average molecular weight is 341 g/mol. The number of para-hydroxylation sites is 2. The van der Waals surface area contributed by atoms with Gasteiger partial charge in [0.1, 0.15) is 12.4 Å². The molecule has 0 saturated carbocycles. The molecule has 0 aromatic heterocycles. The van der Waals surface area contributed by atoms with E-state index in [4.69, 9.17) is 14.2 Å². The third-order valence-electron chi connectivity index (χ3n) is 4.41. The maximum absolute atomic E-state index is 6.02. The number of hydrogen-bond donors (Lipinski definition) is 0. The summed E-state index contributed by atoms with van der Waals surface area (Å²) in [7, 11) is 0. The topological polar surface area (TPSA) is 30.9 Å². The number of benzene rings is 2. The molecule has 0 radical (unpaired) electrons. The van der Waals surface area contributed by atoms with Crippen LogP contribution in [-0.2, 0) is 15.9 Å². The smallest absolute Gasteiger partial charge is 0.174 e. The summed E-state index contributed by atoms with van der Waals surface area (Å²) in [6.07, 6.45) is 0.694. The average Bonchev–Trinajstić information content (AvgIpc) is 2.65. The first kappa shape index (κ1) is 17.8. The molecule has 0 fully saturated rings. The van der Waals surface area contributed by atoms with Gasteiger partial charge in [-0.15, -0.1) is 0 Å². The molecular formula is C21H27NO3. The van der Waals surface area contributed by atoms with Crippen molar-refractivity contribution in [2.24, 2.45) is 0 Å². The molecule has 1 unspecified atom stereocenters. The lowest BCUT2D eigenvalue weighted by molar-refractivity contribution is -0.130. The number of anilines is 1. The molecule has 1 aliphatic rings. The van der Waals surface area contributed by atoms with Crippen LogP contribution in [0.2, 0.25) is 0 Å². The maximum atomic E-state index is 6.02. The molecule has 3 rings (SSSR count). The number of ether oxygens (including phenoxy) is 3. The van der Waals surface area contributed by atoms with Crippen LogP contribution in [0.5, 0.6) is 5.75 Å². The fourth-order valence-electron chi connectivity index (χ4n) is 3.28. The molecule has 0 N–H and O–H groups in total. The van der Waals surface area contributed by atoms with Crippen molar-refractivity contribution in [3.05, 3.63) is 60.2 Å².